The van der Waals surface area contributed by atoms with Gasteiger partial charge >= 0.3 is 5.97 Å². The zero-order valence-corrected chi connectivity index (χ0v) is 15.3. The number of benzene rings is 1. The Kier molecular flexibility index (Phi) is 6.30. The molecule has 1 aromatic carbocycles. The fourth-order valence-electron chi connectivity index (χ4n) is 2.31. The summed E-state index contributed by atoms with van der Waals surface area (Å²) in [5, 5.41) is 13.0. The van der Waals surface area contributed by atoms with Crippen molar-refractivity contribution in [2.24, 2.45) is 5.10 Å². The van der Waals surface area contributed by atoms with Crippen molar-refractivity contribution in [2.75, 3.05) is 18.0 Å². The van der Waals surface area contributed by atoms with Crippen LogP contribution in [0.25, 0.3) is 0 Å². The third kappa shape index (κ3) is 4.67. The molecule has 25 heavy (non-hydrogen) atoms. The molecule has 1 aromatic heterocycles. The number of carboxylic acids is 1. The molecule has 0 unspecified atom stereocenters. The lowest BCUT2D eigenvalue weighted by Gasteiger charge is -2.20. The normalized spacial score (nSPS) is 11.2. The number of thiophene rings is 1. The quantitative estimate of drug-likeness (QED) is 0.586. The highest BCUT2D eigenvalue weighted by molar-refractivity contribution is 7.15. The number of amides is 1. The van der Waals surface area contributed by atoms with E-state index in [9.17, 15) is 9.59 Å². The summed E-state index contributed by atoms with van der Waals surface area (Å²) < 4.78 is 0. The third-order valence-electron chi connectivity index (χ3n) is 3.76. The van der Waals surface area contributed by atoms with E-state index in [1.807, 2.05) is 12.1 Å². The number of hydrazone groups is 1. The molecule has 0 spiro atoms. The van der Waals surface area contributed by atoms with Crippen LogP contribution in [0.2, 0.25) is 0 Å². The minimum atomic E-state index is -0.971. The Hall–Kier alpha value is -2.67. The first kappa shape index (κ1) is 18.7. The molecule has 0 aliphatic rings. The second kappa shape index (κ2) is 8.43. The number of nitrogens with one attached hydrogen (secondary N) is 1. The molecule has 2 rings (SSSR count). The van der Waals surface area contributed by atoms with Gasteiger partial charge in [0.2, 0.25) is 0 Å². The molecular formula is C18H21N3O3S. The molecule has 0 atom stereocenters. The van der Waals surface area contributed by atoms with Crippen molar-refractivity contribution in [3.8, 4) is 0 Å². The minimum Gasteiger partial charge on any atom is -0.477 e. The molecule has 2 N–H and O–H groups in total. The van der Waals surface area contributed by atoms with E-state index < -0.39 is 5.97 Å². The molecule has 0 aliphatic carbocycles. The Morgan fingerprint density at radius 3 is 2.20 bits per heavy atom. The van der Waals surface area contributed by atoms with Gasteiger partial charge in [0.1, 0.15) is 4.88 Å². The van der Waals surface area contributed by atoms with Crippen LogP contribution in [0, 0.1) is 0 Å². The zero-order valence-electron chi connectivity index (χ0n) is 14.4. The molecule has 0 fully saturated rings. The maximum Gasteiger partial charge on any atom is 0.345 e. The van der Waals surface area contributed by atoms with Crippen molar-refractivity contribution in [1.82, 2.24) is 5.43 Å². The summed E-state index contributed by atoms with van der Waals surface area (Å²) in [6.45, 7) is 7.71. The van der Waals surface area contributed by atoms with E-state index in [1.165, 1.54) is 6.07 Å². The number of anilines is 1. The molecule has 0 bridgehead atoms. The first-order valence-electron chi connectivity index (χ1n) is 7.99. The Bertz CT molecular complexity index is 777. The highest BCUT2D eigenvalue weighted by Gasteiger charge is 2.10. The van der Waals surface area contributed by atoms with Gasteiger partial charge in [0.05, 0.1) is 10.6 Å². The minimum absolute atomic E-state index is 0.239. The Morgan fingerprint density at radius 1 is 1.08 bits per heavy atom. The van der Waals surface area contributed by atoms with Gasteiger partial charge in [0.25, 0.3) is 5.91 Å². The molecule has 0 radical (unpaired) electrons. The standard InChI is InChI=1S/C18H21N3O3S/c1-4-21(5-2)14-8-6-13(7-9-14)17(22)20-19-12(3)15-10-11-16(25-15)18(23)24/h6-11H,4-5H2,1-3H3,(H,20,22)(H,23,24)/b19-12-. The van der Waals surface area contributed by atoms with Gasteiger partial charge in [-0.3, -0.25) is 4.79 Å². The van der Waals surface area contributed by atoms with E-state index in [1.54, 1.807) is 25.1 Å². The molecule has 0 aliphatic heterocycles. The van der Waals surface area contributed by atoms with E-state index in [-0.39, 0.29) is 10.8 Å². The number of carbonyl (C=O) groups excluding carboxylic acids is 1. The van der Waals surface area contributed by atoms with Crippen LogP contribution < -0.4 is 10.3 Å². The number of aromatic carboxylic acids is 1. The predicted octanol–water partition coefficient (Wildman–Crippen LogP) is 3.45. The van der Waals surface area contributed by atoms with Crippen LogP contribution in [-0.4, -0.2) is 35.8 Å². The lowest BCUT2D eigenvalue weighted by molar-refractivity contribution is 0.0702. The Morgan fingerprint density at radius 2 is 1.68 bits per heavy atom. The van der Waals surface area contributed by atoms with Crippen molar-refractivity contribution in [1.29, 1.82) is 0 Å². The molecule has 1 amide bonds. The maximum absolute atomic E-state index is 12.2. The zero-order chi connectivity index (χ0) is 18.4. The summed E-state index contributed by atoms with van der Waals surface area (Å²) in [7, 11) is 0. The molecule has 0 saturated carbocycles. The van der Waals surface area contributed by atoms with Gasteiger partial charge in [0.15, 0.2) is 0 Å². The molecular weight excluding hydrogens is 338 g/mol. The number of nitrogens with zero attached hydrogens (tertiary/aromatic N) is 2. The fraction of sp³-hybridized carbons (Fsp3) is 0.278. The van der Waals surface area contributed by atoms with Crippen LogP contribution >= 0.6 is 11.3 Å². The second-order valence-electron chi connectivity index (χ2n) is 5.33. The lowest BCUT2D eigenvalue weighted by atomic mass is 10.2. The average Bonchev–Trinajstić information content (AvgIpc) is 3.11. The number of carbonyl (C=O) groups is 2. The SMILES string of the molecule is CCN(CC)c1ccc(C(=O)N/N=C(/C)c2ccc(C(=O)O)s2)cc1. The Labute approximate surface area is 150 Å². The Balaban J connectivity index is 2.04. The number of carboxylic acid groups (broad SMARTS) is 1. The number of rotatable bonds is 7. The van der Waals surface area contributed by atoms with E-state index in [0.29, 0.717) is 16.2 Å². The lowest BCUT2D eigenvalue weighted by Crippen LogP contribution is -2.22. The van der Waals surface area contributed by atoms with E-state index in [4.69, 9.17) is 5.11 Å². The van der Waals surface area contributed by atoms with Crippen molar-refractivity contribution in [2.45, 2.75) is 20.8 Å². The van der Waals surface area contributed by atoms with Gasteiger partial charge in [-0.15, -0.1) is 11.3 Å². The van der Waals surface area contributed by atoms with Gasteiger partial charge in [0, 0.05) is 24.3 Å². The molecule has 0 saturated heterocycles. The highest BCUT2D eigenvalue weighted by atomic mass is 32.1. The van der Waals surface area contributed by atoms with Crippen LogP contribution in [-0.2, 0) is 0 Å². The van der Waals surface area contributed by atoms with Gasteiger partial charge in [-0.2, -0.15) is 5.10 Å². The summed E-state index contributed by atoms with van der Waals surface area (Å²) in [6, 6.07) is 10.6. The van der Waals surface area contributed by atoms with E-state index >= 15 is 0 Å². The number of hydrogen-bond acceptors (Lipinski definition) is 5. The highest BCUT2D eigenvalue weighted by Crippen LogP contribution is 2.17. The van der Waals surface area contributed by atoms with Crippen molar-refractivity contribution < 1.29 is 14.7 Å². The smallest absolute Gasteiger partial charge is 0.345 e. The fourth-order valence-corrected chi connectivity index (χ4v) is 3.10. The summed E-state index contributed by atoms with van der Waals surface area (Å²) in [5.41, 5.74) is 4.66. The molecule has 2 aromatic rings. The summed E-state index contributed by atoms with van der Waals surface area (Å²) in [6.07, 6.45) is 0. The summed E-state index contributed by atoms with van der Waals surface area (Å²) >= 11 is 1.12. The summed E-state index contributed by atoms with van der Waals surface area (Å²) in [4.78, 5) is 26.2. The van der Waals surface area contributed by atoms with Crippen LogP contribution in [0.5, 0.6) is 0 Å². The van der Waals surface area contributed by atoms with Crippen molar-refractivity contribution in [3.05, 3.63) is 51.7 Å². The summed E-state index contributed by atoms with van der Waals surface area (Å²) in [5.74, 6) is -1.28. The van der Waals surface area contributed by atoms with Crippen LogP contribution in [0.15, 0.2) is 41.5 Å². The van der Waals surface area contributed by atoms with Crippen LogP contribution in [0.3, 0.4) is 0 Å². The molecule has 1 heterocycles. The average molecular weight is 359 g/mol. The third-order valence-corrected chi connectivity index (χ3v) is 4.94. The van der Waals surface area contributed by atoms with Gasteiger partial charge in [-0.1, -0.05) is 0 Å². The molecule has 132 valence electrons. The first-order valence-corrected chi connectivity index (χ1v) is 8.81. The monoisotopic (exact) mass is 359 g/mol. The van der Waals surface area contributed by atoms with Crippen LogP contribution in [0.4, 0.5) is 5.69 Å². The van der Waals surface area contributed by atoms with Crippen molar-refractivity contribution in [3.63, 3.8) is 0 Å². The van der Waals surface area contributed by atoms with E-state index in [2.05, 4.69) is 29.3 Å². The van der Waals surface area contributed by atoms with Gasteiger partial charge < -0.3 is 10.0 Å². The predicted molar refractivity (Wildman–Crippen MR) is 101 cm³/mol. The van der Waals surface area contributed by atoms with Crippen molar-refractivity contribution >= 4 is 34.6 Å². The second-order valence-corrected chi connectivity index (χ2v) is 6.41. The maximum atomic E-state index is 12.2. The number of hydrogen-bond donors (Lipinski definition) is 2. The van der Waals surface area contributed by atoms with Gasteiger partial charge in [-0.05, 0) is 57.2 Å². The van der Waals surface area contributed by atoms with Gasteiger partial charge in [-0.25, -0.2) is 10.2 Å². The largest absolute Gasteiger partial charge is 0.477 e. The van der Waals surface area contributed by atoms with E-state index in [0.717, 1.165) is 30.1 Å². The topological polar surface area (TPSA) is 82.0 Å². The first-order chi connectivity index (χ1) is 12.0. The van der Waals surface area contributed by atoms with Crippen LogP contribution in [0.1, 0.15) is 45.7 Å². The molecule has 6 nitrogen and oxygen atoms in total. The molecule has 7 heteroatoms.